The van der Waals surface area contributed by atoms with E-state index in [2.05, 4.69) is 10.2 Å². The Morgan fingerprint density at radius 3 is 2.26 bits per heavy atom. The number of hydrogen-bond donors (Lipinski definition) is 1. The highest BCUT2D eigenvalue weighted by Gasteiger charge is 2.33. The molecule has 0 unspecified atom stereocenters. The number of hydrogen-bond acceptors (Lipinski definition) is 4. The first kappa shape index (κ1) is 15.3. The Labute approximate surface area is 130 Å². The normalized spacial score (nSPS) is 15.4. The highest BCUT2D eigenvalue weighted by atomic mass is 19.4. The summed E-state index contributed by atoms with van der Waals surface area (Å²) in [5.74, 6) is 0.644. The Balaban J connectivity index is 1.72. The van der Waals surface area contributed by atoms with Gasteiger partial charge in [0.05, 0.1) is 0 Å². The van der Waals surface area contributed by atoms with E-state index in [1.807, 2.05) is 23.1 Å². The van der Waals surface area contributed by atoms with Crippen LogP contribution in [0.3, 0.4) is 0 Å². The van der Waals surface area contributed by atoms with Gasteiger partial charge in [0.25, 0.3) is 0 Å². The smallest absolute Gasteiger partial charge is 0.435 e. The van der Waals surface area contributed by atoms with Gasteiger partial charge >= 0.3 is 6.18 Å². The molecule has 0 bridgehead atoms. The maximum Gasteiger partial charge on any atom is 0.435 e. The van der Waals surface area contributed by atoms with Crippen molar-refractivity contribution in [1.29, 1.82) is 0 Å². The van der Waals surface area contributed by atoms with Gasteiger partial charge in [-0.2, -0.15) is 13.2 Å². The lowest BCUT2D eigenvalue weighted by atomic mass is 9.99. The molecule has 1 aliphatic heterocycles. The quantitative estimate of drug-likeness (QED) is 0.920. The third-order valence-electron chi connectivity index (χ3n) is 3.71. The summed E-state index contributed by atoms with van der Waals surface area (Å²) in [6, 6.07) is 9.23. The molecule has 1 N–H and O–H groups in total. The number of aromatic hydroxyl groups is 1. The molecule has 0 atom stereocenters. The van der Waals surface area contributed by atoms with Crippen LogP contribution in [0, 0.1) is 0 Å². The predicted octanol–water partition coefficient (Wildman–Crippen LogP) is 3.49. The summed E-state index contributed by atoms with van der Waals surface area (Å²) in [4.78, 5) is 1.87. The van der Waals surface area contributed by atoms with Crippen LogP contribution in [0.15, 0.2) is 42.5 Å². The van der Waals surface area contributed by atoms with E-state index in [0.717, 1.165) is 23.6 Å². The van der Waals surface area contributed by atoms with Crippen LogP contribution in [0.4, 0.5) is 19.0 Å². The number of alkyl halides is 3. The standard InChI is InChI=1S/C16H14F3N3O/c17-16(18,19)14-5-6-15(21-20-14)22-9-7-12(8-10-22)11-1-3-13(23)4-2-11/h1-7,23H,8-10H2. The van der Waals surface area contributed by atoms with Crippen LogP contribution in [0.25, 0.3) is 5.57 Å². The number of phenolic OH excluding ortho intramolecular Hbond substituents is 1. The van der Waals surface area contributed by atoms with E-state index in [0.29, 0.717) is 18.9 Å². The van der Waals surface area contributed by atoms with Crippen LogP contribution in [-0.4, -0.2) is 28.4 Å². The highest BCUT2D eigenvalue weighted by Crippen LogP contribution is 2.29. The van der Waals surface area contributed by atoms with Crippen LogP contribution >= 0.6 is 0 Å². The topological polar surface area (TPSA) is 49.2 Å². The lowest BCUT2D eigenvalue weighted by molar-refractivity contribution is -0.141. The summed E-state index contributed by atoms with van der Waals surface area (Å²) in [6.07, 6.45) is -1.72. The second-order valence-corrected chi connectivity index (χ2v) is 5.25. The third-order valence-corrected chi connectivity index (χ3v) is 3.71. The molecule has 120 valence electrons. The van der Waals surface area contributed by atoms with Gasteiger partial charge in [-0.05, 0) is 41.8 Å². The van der Waals surface area contributed by atoms with E-state index in [1.54, 1.807) is 12.1 Å². The molecule has 2 aromatic rings. The average Bonchev–Trinajstić information content (AvgIpc) is 2.55. The Hall–Kier alpha value is -2.57. The van der Waals surface area contributed by atoms with Crippen molar-refractivity contribution in [1.82, 2.24) is 10.2 Å². The molecular weight excluding hydrogens is 307 g/mol. The summed E-state index contributed by atoms with van der Waals surface area (Å²) in [7, 11) is 0. The summed E-state index contributed by atoms with van der Waals surface area (Å²) in [5.41, 5.74) is 1.18. The minimum absolute atomic E-state index is 0.215. The molecule has 1 aliphatic rings. The second-order valence-electron chi connectivity index (χ2n) is 5.25. The summed E-state index contributed by atoms with van der Waals surface area (Å²) in [6.45, 7) is 1.20. The van der Waals surface area contributed by atoms with Gasteiger partial charge in [-0.15, -0.1) is 10.2 Å². The number of halogens is 3. The maximum atomic E-state index is 12.5. The first-order valence-corrected chi connectivity index (χ1v) is 7.08. The van der Waals surface area contributed by atoms with Crippen molar-refractivity contribution < 1.29 is 18.3 Å². The van der Waals surface area contributed by atoms with Gasteiger partial charge in [0.15, 0.2) is 11.5 Å². The minimum atomic E-state index is -4.47. The van der Waals surface area contributed by atoms with Crippen LogP contribution in [0.1, 0.15) is 17.7 Å². The fourth-order valence-electron chi connectivity index (χ4n) is 2.46. The van der Waals surface area contributed by atoms with Gasteiger partial charge in [0.1, 0.15) is 5.75 Å². The third kappa shape index (κ3) is 3.44. The summed E-state index contributed by atoms with van der Waals surface area (Å²) < 4.78 is 37.5. The van der Waals surface area contributed by atoms with Crippen molar-refractivity contribution in [3.8, 4) is 5.75 Å². The first-order valence-electron chi connectivity index (χ1n) is 7.08. The van der Waals surface area contributed by atoms with E-state index in [1.165, 1.54) is 6.07 Å². The van der Waals surface area contributed by atoms with Crippen molar-refractivity contribution in [2.45, 2.75) is 12.6 Å². The molecule has 0 aliphatic carbocycles. The molecule has 1 aromatic heterocycles. The van der Waals surface area contributed by atoms with E-state index < -0.39 is 11.9 Å². The monoisotopic (exact) mass is 321 g/mol. The molecule has 2 heterocycles. The molecule has 0 fully saturated rings. The van der Waals surface area contributed by atoms with E-state index in [-0.39, 0.29) is 5.75 Å². The molecule has 1 aromatic carbocycles. The molecule has 0 spiro atoms. The predicted molar refractivity (Wildman–Crippen MR) is 79.9 cm³/mol. The minimum Gasteiger partial charge on any atom is -0.508 e. The summed E-state index contributed by atoms with van der Waals surface area (Å²) >= 11 is 0. The van der Waals surface area contributed by atoms with Crippen molar-refractivity contribution in [2.24, 2.45) is 0 Å². The number of rotatable bonds is 2. The SMILES string of the molecule is Oc1ccc(C2=CCN(c3ccc(C(F)(F)F)nn3)CC2)cc1. The second kappa shape index (κ2) is 5.91. The van der Waals surface area contributed by atoms with Gasteiger partial charge in [-0.1, -0.05) is 18.2 Å². The molecular formula is C16H14F3N3O. The van der Waals surface area contributed by atoms with Crippen LogP contribution in [0.5, 0.6) is 5.75 Å². The van der Waals surface area contributed by atoms with Crippen LogP contribution < -0.4 is 4.90 Å². The van der Waals surface area contributed by atoms with Crippen LogP contribution in [0.2, 0.25) is 0 Å². The molecule has 4 nitrogen and oxygen atoms in total. The molecule has 0 saturated heterocycles. The van der Waals surface area contributed by atoms with Gasteiger partial charge in [-0.25, -0.2) is 0 Å². The Morgan fingerprint density at radius 1 is 1.00 bits per heavy atom. The van der Waals surface area contributed by atoms with Crippen molar-refractivity contribution in [3.63, 3.8) is 0 Å². The average molecular weight is 321 g/mol. The number of aromatic nitrogens is 2. The first-order chi connectivity index (χ1) is 10.9. The zero-order valence-corrected chi connectivity index (χ0v) is 12.1. The molecule has 0 amide bonds. The Kier molecular flexibility index (Phi) is 3.94. The van der Waals surface area contributed by atoms with Crippen LogP contribution in [-0.2, 0) is 6.18 Å². The lowest BCUT2D eigenvalue weighted by Gasteiger charge is -2.27. The molecule has 7 heteroatoms. The number of anilines is 1. The van der Waals surface area contributed by atoms with Gasteiger partial charge < -0.3 is 10.0 Å². The Morgan fingerprint density at radius 2 is 1.74 bits per heavy atom. The Bertz CT molecular complexity index is 709. The fraction of sp³-hybridized carbons (Fsp3) is 0.250. The lowest BCUT2D eigenvalue weighted by Crippen LogP contribution is -2.29. The van der Waals surface area contributed by atoms with E-state index >= 15 is 0 Å². The molecule has 0 saturated carbocycles. The van der Waals surface area contributed by atoms with Crippen molar-refractivity contribution in [2.75, 3.05) is 18.0 Å². The zero-order valence-electron chi connectivity index (χ0n) is 12.1. The van der Waals surface area contributed by atoms with Crippen molar-refractivity contribution >= 4 is 11.4 Å². The molecule has 23 heavy (non-hydrogen) atoms. The number of nitrogens with zero attached hydrogens (tertiary/aromatic N) is 3. The zero-order chi connectivity index (χ0) is 16.4. The maximum absolute atomic E-state index is 12.5. The number of benzene rings is 1. The summed E-state index contributed by atoms with van der Waals surface area (Å²) in [5, 5.41) is 16.2. The van der Waals surface area contributed by atoms with Crippen molar-refractivity contribution in [3.05, 3.63) is 53.7 Å². The van der Waals surface area contributed by atoms with Gasteiger partial charge in [0, 0.05) is 13.1 Å². The number of phenols is 1. The van der Waals surface area contributed by atoms with Gasteiger partial charge in [0.2, 0.25) is 0 Å². The van der Waals surface area contributed by atoms with Gasteiger partial charge in [-0.3, -0.25) is 0 Å². The van der Waals surface area contributed by atoms with E-state index in [9.17, 15) is 18.3 Å². The highest BCUT2D eigenvalue weighted by molar-refractivity contribution is 5.68. The largest absolute Gasteiger partial charge is 0.508 e. The fourth-order valence-corrected chi connectivity index (χ4v) is 2.46. The van der Waals surface area contributed by atoms with E-state index in [4.69, 9.17) is 0 Å². The molecule has 0 radical (unpaired) electrons. The molecule has 3 rings (SSSR count).